The molecule has 0 atom stereocenters. The van der Waals surface area contributed by atoms with Crippen molar-refractivity contribution in [3.8, 4) is 0 Å². The number of nitrogens with one attached hydrogen (secondary N) is 1. The summed E-state index contributed by atoms with van der Waals surface area (Å²) in [6, 6.07) is 0. The molecule has 0 bridgehead atoms. The summed E-state index contributed by atoms with van der Waals surface area (Å²) in [7, 11) is 4.46. The van der Waals surface area contributed by atoms with E-state index in [2.05, 4.69) is 47.1 Å². The molecule has 3 heteroatoms. The summed E-state index contributed by atoms with van der Waals surface area (Å²) in [6.07, 6.45) is 1.94. The molecule has 0 unspecified atom stereocenters. The summed E-state index contributed by atoms with van der Waals surface area (Å²) in [5, 5.41) is 3.09. The fourth-order valence-electron chi connectivity index (χ4n) is 2.51. The van der Waals surface area contributed by atoms with Crippen LogP contribution in [-0.4, -0.2) is 44.1 Å². The molecular formula is C16H35N2O+. The quantitative estimate of drug-likeness (QED) is 0.559. The highest BCUT2D eigenvalue weighted by molar-refractivity contribution is 5.81. The molecule has 0 aromatic heterocycles. The first-order valence-corrected chi connectivity index (χ1v) is 7.50. The van der Waals surface area contributed by atoms with Crippen LogP contribution in [0, 0.1) is 10.8 Å². The van der Waals surface area contributed by atoms with Crippen LogP contribution >= 0.6 is 0 Å². The fourth-order valence-corrected chi connectivity index (χ4v) is 2.51. The van der Waals surface area contributed by atoms with Gasteiger partial charge in [-0.3, -0.25) is 4.79 Å². The van der Waals surface area contributed by atoms with Crippen molar-refractivity contribution in [1.29, 1.82) is 0 Å². The second kappa shape index (κ2) is 6.74. The Morgan fingerprint density at radius 1 is 1.11 bits per heavy atom. The topological polar surface area (TPSA) is 29.1 Å². The molecule has 19 heavy (non-hydrogen) atoms. The number of hydrogen-bond acceptors (Lipinski definition) is 1. The van der Waals surface area contributed by atoms with E-state index >= 15 is 0 Å². The van der Waals surface area contributed by atoms with Gasteiger partial charge in [0.2, 0.25) is 5.91 Å². The molecule has 3 nitrogen and oxygen atoms in total. The van der Waals surface area contributed by atoms with Crippen molar-refractivity contribution in [3.05, 3.63) is 0 Å². The average Bonchev–Trinajstić information content (AvgIpc) is 2.20. The fraction of sp³-hybridized carbons (Fsp3) is 0.938. The van der Waals surface area contributed by atoms with E-state index in [0.717, 1.165) is 37.0 Å². The minimum Gasteiger partial charge on any atom is -0.355 e. The number of hydrogen-bond donors (Lipinski definition) is 1. The maximum atomic E-state index is 12.2. The first-order chi connectivity index (χ1) is 8.40. The summed E-state index contributed by atoms with van der Waals surface area (Å²) in [6.45, 7) is 15.9. The zero-order valence-corrected chi connectivity index (χ0v) is 14.4. The highest BCUT2D eigenvalue weighted by Gasteiger charge is 2.32. The van der Waals surface area contributed by atoms with Crippen LogP contribution in [0.5, 0.6) is 0 Å². The number of rotatable bonds is 7. The minimum atomic E-state index is -0.284. The molecule has 114 valence electrons. The van der Waals surface area contributed by atoms with Gasteiger partial charge in [-0.05, 0) is 18.8 Å². The lowest BCUT2D eigenvalue weighted by atomic mass is 9.76. The third kappa shape index (κ3) is 8.25. The van der Waals surface area contributed by atoms with E-state index in [0.29, 0.717) is 0 Å². The Labute approximate surface area is 120 Å². The van der Waals surface area contributed by atoms with Crippen LogP contribution in [0.15, 0.2) is 0 Å². The smallest absolute Gasteiger partial charge is 0.225 e. The Hall–Kier alpha value is -0.570. The summed E-state index contributed by atoms with van der Waals surface area (Å²) in [4.78, 5) is 12.2. The third-order valence-corrected chi connectivity index (χ3v) is 3.67. The zero-order valence-electron chi connectivity index (χ0n) is 14.4. The summed E-state index contributed by atoms with van der Waals surface area (Å²) in [5.74, 6) is 0.184. The van der Waals surface area contributed by atoms with E-state index in [-0.39, 0.29) is 16.7 Å². The van der Waals surface area contributed by atoms with Gasteiger partial charge < -0.3 is 9.80 Å². The Balaban J connectivity index is 4.11. The molecule has 0 fully saturated rings. The van der Waals surface area contributed by atoms with Crippen LogP contribution in [0.3, 0.4) is 0 Å². The summed E-state index contributed by atoms with van der Waals surface area (Å²) < 4.78 is 1.02. The van der Waals surface area contributed by atoms with Gasteiger partial charge in [-0.2, -0.15) is 0 Å². The van der Waals surface area contributed by atoms with Gasteiger partial charge in [0, 0.05) is 18.4 Å². The van der Waals surface area contributed by atoms with Crippen molar-refractivity contribution in [2.45, 2.75) is 54.4 Å². The number of carbonyl (C=O) groups excluding carboxylic acids is 1. The van der Waals surface area contributed by atoms with Crippen molar-refractivity contribution >= 4 is 5.91 Å². The monoisotopic (exact) mass is 271 g/mol. The van der Waals surface area contributed by atoms with Crippen LogP contribution < -0.4 is 5.32 Å². The first kappa shape index (κ1) is 18.4. The van der Waals surface area contributed by atoms with Crippen molar-refractivity contribution < 1.29 is 9.28 Å². The zero-order chi connectivity index (χ0) is 15.3. The van der Waals surface area contributed by atoms with Crippen molar-refractivity contribution in [2.24, 2.45) is 10.8 Å². The molecule has 0 aliphatic rings. The SMILES string of the molecule is CC[N+](C)(C)CCCNC(=O)C(C)(C)CC(C)(C)C. The lowest BCUT2D eigenvalue weighted by molar-refractivity contribution is -0.888. The average molecular weight is 271 g/mol. The first-order valence-electron chi connectivity index (χ1n) is 7.50. The lowest BCUT2D eigenvalue weighted by Crippen LogP contribution is -2.43. The van der Waals surface area contributed by atoms with Gasteiger partial charge in [0.15, 0.2) is 0 Å². The molecule has 1 amide bonds. The normalized spacial score (nSPS) is 13.5. The third-order valence-electron chi connectivity index (χ3n) is 3.67. The lowest BCUT2D eigenvalue weighted by Gasteiger charge is -2.31. The molecular weight excluding hydrogens is 236 g/mol. The predicted molar refractivity (Wildman–Crippen MR) is 83.0 cm³/mol. The van der Waals surface area contributed by atoms with Gasteiger partial charge in [-0.15, -0.1) is 0 Å². The summed E-state index contributed by atoms with van der Waals surface area (Å²) in [5.41, 5.74) is -0.102. The molecule has 0 aliphatic heterocycles. The Morgan fingerprint density at radius 2 is 1.63 bits per heavy atom. The number of quaternary nitrogens is 1. The van der Waals surface area contributed by atoms with E-state index in [1.54, 1.807) is 0 Å². The Bertz CT molecular complexity index is 288. The minimum absolute atomic E-state index is 0.182. The second-order valence-corrected chi connectivity index (χ2v) is 8.21. The van der Waals surface area contributed by atoms with Crippen molar-refractivity contribution in [1.82, 2.24) is 5.32 Å². The molecule has 0 saturated heterocycles. The van der Waals surface area contributed by atoms with Gasteiger partial charge >= 0.3 is 0 Å². The number of amides is 1. The van der Waals surface area contributed by atoms with Gasteiger partial charge in [0.1, 0.15) is 0 Å². The van der Waals surface area contributed by atoms with Crippen LogP contribution in [0.25, 0.3) is 0 Å². The second-order valence-electron chi connectivity index (χ2n) is 8.21. The van der Waals surface area contributed by atoms with E-state index in [9.17, 15) is 4.79 Å². The maximum absolute atomic E-state index is 12.2. The van der Waals surface area contributed by atoms with Crippen molar-refractivity contribution in [2.75, 3.05) is 33.7 Å². The molecule has 0 spiro atoms. The van der Waals surface area contributed by atoms with Crippen LogP contribution in [0.2, 0.25) is 0 Å². The molecule has 0 rings (SSSR count). The molecule has 0 aromatic rings. The van der Waals surface area contributed by atoms with Crippen molar-refractivity contribution in [3.63, 3.8) is 0 Å². The molecule has 0 aromatic carbocycles. The van der Waals surface area contributed by atoms with E-state index in [4.69, 9.17) is 0 Å². The van der Waals surface area contributed by atoms with Gasteiger partial charge in [-0.1, -0.05) is 34.6 Å². The molecule has 0 radical (unpaired) electrons. The highest BCUT2D eigenvalue weighted by Crippen LogP contribution is 2.33. The summed E-state index contributed by atoms with van der Waals surface area (Å²) >= 11 is 0. The van der Waals surface area contributed by atoms with Gasteiger partial charge in [-0.25, -0.2) is 0 Å². The Morgan fingerprint density at radius 3 is 2.05 bits per heavy atom. The van der Waals surface area contributed by atoms with Crippen LogP contribution in [-0.2, 0) is 4.79 Å². The number of carbonyl (C=O) groups is 1. The molecule has 1 N–H and O–H groups in total. The van der Waals surface area contributed by atoms with Gasteiger partial charge in [0.05, 0.1) is 27.2 Å². The molecule has 0 saturated carbocycles. The Kier molecular flexibility index (Phi) is 6.53. The molecule has 0 heterocycles. The highest BCUT2D eigenvalue weighted by atomic mass is 16.2. The molecule has 0 aliphatic carbocycles. The standard InChI is InChI=1S/C16H34N2O/c1-9-18(7,8)12-10-11-17-14(19)16(5,6)13-15(2,3)4/h9-13H2,1-8H3/p+1. The van der Waals surface area contributed by atoms with Crippen LogP contribution in [0.1, 0.15) is 54.4 Å². The predicted octanol–water partition coefficient (Wildman–Crippen LogP) is 3.05. The maximum Gasteiger partial charge on any atom is 0.225 e. The van der Waals surface area contributed by atoms with E-state index < -0.39 is 0 Å². The van der Waals surface area contributed by atoms with E-state index in [1.165, 1.54) is 0 Å². The largest absolute Gasteiger partial charge is 0.355 e. The van der Waals surface area contributed by atoms with Gasteiger partial charge in [0.25, 0.3) is 0 Å². The van der Waals surface area contributed by atoms with E-state index in [1.807, 2.05) is 13.8 Å². The number of nitrogens with zero attached hydrogens (tertiary/aromatic N) is 1. The van der Waals surface area contributed by atoms with Crippen LogP contribution in [0.4, 0.5) is 0 Å².